The summed E-state index contributed by atoms with van der Waals surface area (Å²) in [4.78, 5) is 30.2. The fraction of sp³-hybridized carbons (Fsp3) is 0.192. The van der Waals surface area contributed by atoms with Gasteiger partial charge in [0.05, 0.1) is 29.6 Å². The smallest absolute Gasteiger partial charge is 0.339 e. The summed E-state index contributed by atoms with van der Waals surface area (Å²) in [5.41, 5.74) is 4.02. The highest BCUT2D eigenvalue weighted by Crippen LogP contribution is 2.28. The number of nitrogens with zero attached hydrogens (tertiary/aromatic N) is 2. The molecule has 0 aliphatic carbocycles. The summed E-state index contributed by atoms with van der Waals surface area (Å²) in [7, 11) is 3.05. The van der Waals surface area contributed by atoms with Gasteiger partial charge in [0.25, 0.3) is 5.56 Å². The molecular weight excluding hydrogens is 402 g/mol. The number of rotatable bonds is 7. The molecule has 0 bridgehead atoms. The second kappa shape index (κ2) is 9.47. The first-order valence-corrected chi connectivity index (χ1v) is 10.2. The number of benzene rings is 2. The van der Waals surface area contributed by atoms with Crippen molar-refractivity contribution in [2.24, 2.45) is 7.05 Å². The van der Waals surface area contributed by atoms with Gasteiger partial charge in [0.1, 0.15) is 5.82 Å². The molecule has 0 spiro atoms. The molecule has 6 nitrogen and oxygen atoms in total. The number of methoxy groups -OCH3 is 1. The van der Waals surface area contributed by atoms with E-state index in [1.165, 1.54) is 11.7 Å². The lowest BCUT2D eigenvalue weighted by Gasteiger charge is -2.20. The lowest BCUT2D eigenvalue weighted by Crippen LogP contribution is -2.23. The van der Waals surface area contributed by atoms with E-state index in [4.69, 9.17) is 9.72 Å². The molecule has 1 atom stereocenters. The Balaban J connectivity index is 2.21. The van der Waals surface area contributed by atoms with Gasteiger partial charge in [-0.3, -0.25) is 9.36 Å². The van der Waals surface area contributed by atoms with Crippen LogP contribution >= 0.6 is 0 Å². The highest BCUT2D eigenvalue weighted by Gasteiger charge is 2.19. The van der Waals surface area contributed by atoms with Gasteiger partial charge in [-0.2, -0.15) is 0 Å². The van der Waals surface area contributed by atoms with E-state index < -0.39 is 5.97 Å². The summed E-state index contributed by atoms with van der Waals surface area (Å²) in [6.45, 7) is 11.5. The highest BCUT2D eigenvalue weighted by atomic mass is 16.5. The van der Waals surface area contributed by atoms with E-state index in [-0.39, 0.29) is 11.6 Å². The summed E-state index contributed by atoms with van der Waals surface area (Å²) < 4.78 is 6.42. The zero-order chi connectivity index (χ0) is 23.4. The fourth-order valence-electron chi connectivity index (χ4n) is 3.71. The van der Waals surface area contributed by atoms with E-state index >= 15 is 0 Å². The molecule has 1 heterocycles. The summed E-state index contributed by atoms with van der Waals surface area (Å²) in [6, 6.07) is 10.8. The van der Waals surface area contributed by atoms with E-state index in [0.29, 0.717) is 33.6 Å². The van der Waals surface area contributed by atoms with Crippen LogP contribution in [0.3, 0.4) is 0 Å². The topological polar surface area (TPSA) is 73.2 Å². The van der Waals surface area contributed by atoms with E-state index in [0.717, 1.165) is 11.1 Å². The normalized spacial score (nSPS) is 12.3. The molecule has 0 aliphatic heterocycles. The van der Waals surface area contributed by atoms with Gasteiger partial charge in [0.15, 0.2) is 0 Å². The van der Waals surface area contributed by atoms with E-state index in [9.17, 15) is 9.59 Å². The van der Waals surface area contributed by atoms with Crippen LogP contribution in [0.25, 0.3) is 16.5 Å². The first-order valence-electron chi connectivity index (χ1n) is 10.2. The van der Waals surface area contributed by atoms with Crippen LogP contribution < -0.4 is 10.9 Å². The zero-order valence-corrected chi connectivity index (χ0v) is 18.8. The lowest BCUT2D eigenvalue weighted by molar-refractivity contribution is 0.0602. The van der Waals surface area contributed by atoms with Gasteiger partial charge in [-0.1, -0.05) is 49.6 Å². The fourth-order valence-corrected chi connectivity index (χ4v) is 3.71. The summed E-state index contributed by atoms with van der Waals surface area (Å²) >= 11 is 0. The van der Waals surface area contributed by atoms with Crippen molar-refractivity contribution in [1.29, 1.82) is 0 Å². The Morgan fingerprint density at radius 3 is 2.62 bits per heavy atom. The Kier molecular flexibility index (Phi) is 6.73. The van der Waals surface area contributed by atoms with E-state index in [2.05, 4.69) is 18.5 Å². The average molecular weight is 430 g/mol. The third kappa shape index (κ3) is 4.25. The van der Waals surface area contributed by atoms with Crippen molar-refractivity contribution in [2.75, 3.05) is 12.4 Å². The second-order valence-electron chi connectivity index (χ2n) is 7.51. The highest BCUT2D eigenvalue weighted by molar-refractivity contribution is 5.95. The van der Waals surface area contributed by atoms with Gasteiger partial charge in [0, 0.05) is 23.9 Å². The summed E-state index contributed by atoms with van der Waals surface area (Å²) in [5, 5.41) is 3.91. The number of para-hydroxylation sites is 1. The maximum absolute atomic E-state index is 13.2. The first kappa shape index (κ1) is 22.7. The largest absolute Gasteiger partial charge is 0.465 e. The average Bonchev–Trinajstić information content (AvgIpc) is 2.79. The number of aromatic nitrogens is 2. The van der Waals surface area contributed by atoms with Crippen LogP contribution in [-0.4, -0.2) is 22.6 Å². The summed E-state index contributed by atoms with van der Waals surface area (Å²) in [6.07, 6.45) is 5.05. The van der Waals surface area contributed by atoms with Crippen molar-refractivity contribution in [1.82, 2.24) is 9.55 Å². The van der Waals surface area contributed by atoms with Crippen molar-refractivity contribution in [3.63, 3.8) is 0 Å². The van der Waals surface area contributed by atoms with Gasteiger partial charge < -0.3 is 10.1 Å². The van der Waals surface area contributed by atoms with Crippen molar-refractivity contribution in [3.05, 3.63) is 101 Å². The van der Waals surface area contributed by atoms with Crippen LogP contribution in [0.4, 0.5) is 5.69 Å². The molecule has 32 heavy (non-hydrogen) atoms. The molecule has 2 aromatic carbocycles. The van der Waals surface area contributed by atoms with Crippen LogP contribution in [0.2, 0.25) is 0 Å². The Labute approximate surface area is 187 Å². The number of nitrogens with one attached hydrogen (secondary N) is 1. The molecule has 1 aromatic heterocycles. The van der Waals surface area contributed by atoms with E-state index in [1.54, 1.807) is 37.4 Å². The molecule has 164 valence electrons. The van der Waals surface area contributed by atoms with Crippen LogP contribution in [0.5, 0.6) is 0 Å². The van der Waals surface area contributed by atoms with Gasteiger partial charge in [-0.25, -0.2) is 9.78 Å². The van der Waals surface area contributed by atoms with Crippen molar-refractivity contribution < 1.29 is 9.53 Å². The van der Waals surface area contributed by atoms with Crippen molar-refractivity contribution in [3.8, 4) is 0 Å². The lowest BCUT2D eigenvalue weighted by atomic mass is 10.00. The van der Waals surface area contributed by atoms with Crippen molar-refractivity contribution in [2.45, 2.75) is 19.9 Å². The quantitative estimate of drug-likeness (QED) is 0.425. The molecule has 3 aromatic rings. The first-order chi connectivity index (χ1) is 15.3. The van der Waals surface area contributed by atoms with Gasteiger partial charge in [0.2, 0.25) is 0 Å². The number of hydrogen-bond donors (Lipinski definition) is 1. The minimum atomic E-state index is -0.422. The molecule has 0 amide bonds. The number of carbonyl (C=O) groups is 1. The molecule has 0 saturated carbocycles. The molecule has 1 unspecified atom stereocenters. The van der Waals surface area contributed by atoms with Gasteiger partial charge in [-0.15, -0.1) is 0 Å². The van der Waals surface area contributed by atoms with Crippen LogP contribution in [-0.2, 0) is 11.8 Å². The molecule has 3 rings (SSSR count). The Morgan fingerprint density at radius 2 is 1.97 bits per heavy atom. The molecular formula is C26H27N3O3. The number of fused-ring (bicyclic) bond motifs is 1. The van der Waals surface area contributed by atoms with Crippen molar-refractivity contribution >= 4 is 28.1 Å². The maximum Gasteiger partial charge on any atom is 0.339 e. The van der Waals surface area contributed by atoms with Crippen LogP contribution in [0.1, 0.15) is 40.3 Å². The molecule has 0 saturated heterocycles. The zero-order valence-electron chi connectivity index (χ0n) is 18.8. The predicted octanol–water partition coefficient (Wildman–Crippen LogP) is 4.96. The molecule has 0 radical (unpaired) electrons. The minimum absolute atomic E-state index is 0.145. The third-order valence-electron chi connectivity index (χ3n) is 5.30. The summed E-state index contributed by atoms with van der Waals surface area (Å²) in [5.74, 6) is 0.0820. The number of esters is 1. The molecule has 6 heteroatoms. The minimum Gasteiger partial charge on any atom is -0.465 e. The SMILES string of the molecule is C=C/C=C(\C=C)c1nc2c(C(C)Nc3ccccc3C(=O)OC)cc(C)cc2c(=O)n1C. The van der Waals surface area contributed by atoms with Gasteiger partial charge in [-0.05, 0) is 37.6 Å². The van der Waals surface area contributed by atoms with Crippen LogP contribution in [0, 0.1) is 6.92 Å². The molecule has 0 fully saturated rings. The van der Waals surface area contributed by atoms with Gasteiger partial charge >= 0.3 is 5.97 Å². The Morgan fingerprint density at radius 1 is 1.25 bits per heavy atom. The monoisotopic (exact) mass is 429 g/mol. The Hall–Kier alpha value is -3.93. The van der Waals surface area contributed by atoms with Crippen LogP contribution in [0.15, 0.2) is 72.6 Å². The predicted molar refractivity (Wildman–Crippen MR) is 130 cm³/mol. The Bertz CT molecular complexity index is 1300. The maximum atomic E-state index is 13.2. The second-order valence-corrected chi connectivity index (χ2v) is 7.51. The molecule has 1 N–H and O–H groups in total. The number of ether oxygens (including phenoxy) is 1. The number of allylic oxidation sites excluding steroid dienone is 4. The number of hydrogen-bond acceptors (Lipinski definition) is 5. The standard InChI is InChI=1S/C26H27N3O3/c1-7-11-18(8-2)24-28-23-20(14-16(3)15-21(23)25(30)29(24)5)17(4)27-22-13-10-9-12-19(22)26(31)32-6/h7-15,17,27H,1-2H2,3-6H3/b18-11+. The number of carbonyl (C=O) groups excluding carboxylic acids is 1. The third-order valence-corrected chi connectivity index (χ3v) is 5.30. The number of aryl methyl sites for hydroxylation is 1. The number of anilines is 1. The van der Waals surface area contributed by atoms with E-state index in [1.807, 2.05) is 38.1 Å². The molecule has 0 aliphatic rings.